The monoisotopic (exact) mass is 452 g/mol. The SMILES string of the molecule is CC.CC.CC(Cc1ccccc1)NC(=O)NCC1Cc2ccccc2CN1C.[HH].[HH].[V]. The molecule has 0 saturated carbocycles. The maximum atomic E-state index is 12.2. The van der Waals surface area contributed by atoms with Crippen LogP contribution in [0, 0.1) is 0 Å². The van der Waals surface area contributed by atoms with Crippen LogP contribution in [0.4, 0.5) is 4.79 Å². The quantitative estimate of drug-likeness (QED) is 0.628. The Kier molecular flexibility index (Phi) is 15.1. The molecule has 2 aromatic carbocycles. The fourth-order valence-electron chi connectivity index (χ4n) is 3.45. The van der Waals surface area contributed by atoms with Gasteiger partial charge >= 0.3 is 6.03 Å². The van der Waals surface area contributed by atoms with Crippen LogP contribution in [-0.2, 0) is 37.9 Å². The summed E-state index contributed by atoms with van der Waals surface area (Å²) in [5, 5.41) is 6.07. The molecular formula is C25H43N3OV. The standard InChI is InChI=1S/C21H27N3O.2C2H6.V.2H2/c1-16(12-17-8-4-3-5-9-17)23-21(25)22-14-20-13-18-10-6-7-11-19(18)15-24(20)2;2*1-2;;;/h3-11,16,20H,12-15H2,1-2H3,(H2,22,23,25);2*1-2H3;;2*1H. The predicted molar refractivity (Wildman–Crippen MR) is 128 cm³/mol. The number of hydrogen-bond donors (Lipinski definition) is 2. The van der Waals surface area contributed by atoms with Crippen LogP contribution in [0.3, 0.4) is 0 Å². The van der Waals surface area contributed by atoms with Gasteiger partial charge in [0, 0.05) is 46.6 Å². The number of carbonyl (C=O) groups excluding carboxylic acids is 1. The molecule has 0 aliphatic carbocycles. The molecule has 3 rings (SSSR count). The van der Waals surface area contributed by atoms with Crippen molar-refractivity contribution in [2.45, 2.75) is 66.1 Å². The van der Waals surface area contributed by atoms with E-state index in [0.717, 1.165) is 19.4 Å². The van der Waals surface area contributed by atoms with E-state index in [9.17, 15) is 4.79 Å². The third-order valence-electron chi connectivity index (χ3n) is 4.88. The summed E-state index contributed by atoms with van der Waals surface area (Å²) in [4.78, 5) is 14.5. The molecule has 1 heterocycles. The van der Waals surface area contributed by atoms with Crippen molar-refractivity contribution >= 4 is 6.03 Å². The number of amides is 2. The van der Waals surface area contributed by atoms with Crippen molar-refractivity contribution < 1.29 is 26.2 Å². The first-order chi connectivity index (χ1) is 14.1. The van der Waals surface area contributed by atoms with E-state index in [-0.39, 0.29) is 33.5 Å². The summed E-state index contributed by atoms with van der Waals surface area (Å²) in [6.45, 7) is 11.6. The van der Waals surface area contributed by atoms with E-state index in [2.05, 4.69) is 59.0 Å². The summed E-state index contributed by atoms with van der Waals surface area (Å²) in [5.41, 5.74) is 4.02. The summed E-state index contributed by atoms with van der Waals surface area (Å²) >= 11 is 0. The van der Waals surface area contributed by atoms with Crippen molar-refractivity contribution in [3.8, 4) is 0 Å². The number of fused-ring (bicyclic) bond motifs is 1. The Morgan fingerprint density at radius 1 is 1.03 bits per heavy atom. The Hall–Kier alpha value is -1.75. The Labute approximate surface area is 198 Å². The Morgan fingerprint density at radius 2 is 1.60 bits per heavy atom. The summed E-state index contributed by atoms with van der Waals surface area (Å²) < 4.78 is 0. The second kappa shape index (κ2) is 16.0. The van der Waals surface area contributed by atoms with Gasteiger partial charge in [-0.05, 0) is 43.5 Å². The Bertz CT molecular complexity index is 719. The van der Waals surface area contributed by atoms with Gasteiger partial charge in [-0.15, -0.1) is 0 Å². The topological polar surface area (TPSA) is 44.4 Å². The van der Waals surface area contributed by atoms with E-state index in [1.54, 1.807) is 0 Å². The summed E-state index contributed by atoms with van der Waals surface area (Å²) in [7, 11) is 2.12. The van der Waals surface area contributed by atoms with E-state index in [0.29, 0.717) is 12.6 Å². The van der Waals surface area contributed by atoms with Crippen LogP contribution in [0.1, 0.15) is 54.2 Å². The van der Waals surface area contributed by atoms with Gasteiger partial charge < -0.3 is 10.6 Å². The van der Waals surface area contributed by atoms with Crippen LogP contribution in [0.5, 0.6) is 0 Å². The molecule has 0 spiro atoms. The van der Waals surface area contributed by atoms with E-state index >= 15 is 0 Å². The van der Waals surface area contributed by atoms with Gasteiger partial charge in [0.2, 0.25) is 0 Å². The summed E-state index contributed by atoms with van der Waals surface area (Å²) in [6, 6.07) is 19.2. The third-order valence-corrected chi connectivity index (χ3v) is 4.88. The minimum absolute atomic E-state index is 0. The number of likely N-dealkylation sites (N-methyl/N-ethyl adjacent to an activating group) is 1. The molecule has 4 nitrogen and oxygen atoms in total. The predicted octanol–water partition coefficient (Wildman–Crippen LogP) is 5.52. The smallest absolute Gasteiger partial charge is 0.315 e. The van der Waals surface area contributed by atoms with E-state index in [1.807, 2.05) is 52.8 Å². The number of urea groups is 1. The average molecular weight is 453 g/mol. The number of nitrogens with zero attached hydrogens (tertiary/aromatic N) is 1. The van der Waals surface area contributed by atoms with E-state index in [4.69, 9.17) is 0 Å². The molecule has 5 heteroatoms. The minimum Gasteiger partial charge on any atom is -0.337 e. The number of nitrogens with one attached hydrogen (secondary N) is 2. The van der Waals surface area contributed by atoms with Crippen LogP contribution in [0.2, 0.25) is 0 Å². The molecule has 2 aromatic rings. The normalized spacial score (nSPS) is 15.6. The van der Waals surface area contributed by atoms with Crippen molar-refractivity contribution in [1.82, 2.24) is 15.5 Å². The van der Waals surface area contributed by atoms with Crippen LogP contribution >= 0.6 is 0 Å². The first-order valence-electron chi connectivity index (χ1n) is 11.0. The van der Waals surface area contributed by atoms with Crippen LogP contribution in [0.25, 0.3) is 0 Å². The molecule has 0 saturated heterocycles. The molecular weight excluding hydrogens is 409 g/mol. The van der Waals surface area contributed by atoms with E-state index in [1.165, 1.54) is 16.7 Å². The maximum absolute atomic E-state index is 12.2. The zero-order valence-corrected chi connectivity index (χ0v) is 20.9. The van der Waals surface area contributed by atoms with Crippen LogP contribution in [-0.4, -0.2) is 36.6 Å². The summed E-state index contributed by atoms with van der Waals surface area (Å²) in [5.74, 6) is 0. The van der Waals surface area contributed by atoms with Gasteiger partial charge in [-0.2, -0.15) is 0 Å². The zero-order valence-electron chi connectivity index (χ0n) is 19.5. The fraction of sp³-hybridized carbons (Fsp3) is 0.480. The van der Waals surface area contributed by atoms with Crippen molar-refractivity contribution in [1.29, 1.82) is 0 Å². The molecule has 1 aliphatic rings. The van der Waals surface area contributed by atoms with Gasteiger partial charge in [0.15, 0.2) is 0 Å². The molecule has 2 N–H and O–H groups in total. The molecule has 2 unspecified atom stereocenters. The van der Waals surface area contributed by atoms with Gasteiger partial charge in [0.1, 0.15) is 0 Å². The molecule has 0 fully saturated rings. The fourth-order valence-corrected chi connectivity index (χ4v) is 3.45. The zero-order chi connectivity index (χ0) is 21.6. The minimum atomic E-state index is -0.0873. The Balaban J connectivity index is -0.00000114. The molecule has 2 atom stereocenters. The second-order valence-corrected chi connectivity index (χ2v) is 6.99. The second-order valence-electron chi connectivity index (χ2n) is 6.99. The average Bonchev–Trinajstić information content (AvgIpc) is 2.75. The van der Waals surface area contributed by atoms with Crippen LogP contribution in [0.15, 0.2) is 54.6 Å². The number of benzene rings is 2. The van der Waals surface area contributed by atoms with Crippen molar-refractivity contribution in [3.63, 3.8) is 0 Å². The molecule has 0 aromatic heterocycles. The van der Waals surface area contributed by atoms with Gasteiger partial charge in [-0.25, -0.2) is 4.79 Å². The summed E-state index contributed by atoms with van der Waals surface area (Å²) in [6.07, 6.45) is 1.82. The Morgan fingerprint density at radius 3 is 2.23 bits per heavy atom. The van der Waals surface area contributed by atoms with Crippen molar-refractivity contribution in [2.75, 3.05) is 13.6 Å². The van der Waals surface area contributed by atoms with Crippen LogP contribution < -0.4 is 10.6 Å². The third kappa shape index (κ3) is 9.38. The van der Waals surface area contributed by atoms with E-state index < -0.39 is 0 Å². The molecule has 30 heavy (non-hydrogen) atoms. The van der Waals surface area contributed by atoms with Gasteiger partial charge in [-0.1, -0.05) is 82.3 Å². The molecule has 0 bridgehead atoms. The first-order valence-corrected chi connectivity index (χ1v) is 11.0. The van der Waals surface area contributed by atoms with Gasteiger partial charge in [0.25, 0.3) is 0 Å². The van der Waals surface area contributed by atoms with Gasteiger partial charge in [-0.3, -0.25) is 4.90 Å². The van der Waals surface area contributed by atoms with Crippen molar-refractivity contribution in [2.24, 2.45) is 0 Å². The van der Waals surface area contributed by atoms with Gasteiger partial charge in [0.05, 0.1) is 0 Å². The molecule has 169 valence electrons. The number of hydrogen-bond acceptors (Lipinski definition) is 2. The maximum Gasteiger partial charge on any atom is 0.315 e. The number of carbonyl (C=O) groups is 1. The number of rotatable bonds is 5. The molecule has 1 aliphatic heterocycles. The first kappa shape index (κ1) is 28.3. The molecule has 2 amide bonds. The molecule has 1 radical (unpaired) electrons. The largest absolute Gasteiger partial charge is 0.337 e. The van der Waals surface area contributed by atoms with Crippen molar-refractivity contribution in [3.05, 3.63) is 71.3 Å².